The molecule has 0 saturated carbocycles. The van der Waals surface area contributed by atoms with Gasteiger partial charge in [0.25, 0.3) is 0 Å². The highest BCUT2D eigenvalue weighted by Gasteiger charge is 2.61. The molecule has 0 aliphatic carbocycles. The molecule has 108 heavy (non-hydrogen) atoms. The lowest BCUT2D eigenvalue weighted by atomic mass is 9.93. The van der Waals surface area contributed by atoms with Crippen molar-refractivity contribution in [1.29, 1.82) is 0 Å². The molecule has 45 atom stereocenters. The summed E-state index contributed by atoms with van der Waals surface area (Å²) >= 11 is 0. The minimum absolute atomic E-state index is 0.914. The lowest BCUT2D eigenvalue weighted by Gasteiger charge is -2.51. The number of rotatable bonds is 27. The third-order valence-corrected chi connectivity index (χ3v) is 19.9. The molecule has 9 aliphatic heterocycles. The van der Waals surface area contributed by atoms with Crippen molar-refractivity contribution in [2.45, 2.75) is 304 Å². The highest BCUT2D eigenvalue weighted by Crippen LogP contribution is 2.40. The number of ether oxygens (including phenoxy) is 17. The molecule has 3 amide bonds. The maximum absolute atomic E-state index is 13.5. The van der Waals surface area contributed by atoms with Gasteiger partial charge < -0.3 is 224 Å². The van der Waals surface area contributed by atoms with Crippen LogP contribution in [-0.4, -0.2) is 474 Å². The molecule has 0 radical (unpaired) electrons. The fourth-order valence-electron chi connectivity index (χ4n) is 14.0. The van der Waals surface area contributed by atoms with Gasteiger partial charge >= 0.3 is 0 Å². The van der Waals surface area contributed by atoms with E-state index in [0.717, 1.165) is 20.8 Å². The maximum Gasteiger partial charge on any atom is 0.217 e. The first-order valence-corrected chi connectivity index (χ1v) is 34.5. The summed E-state index contributed by atoms with van der Waals surface area (Å²) < 4.78 is 101. The molecule has 0 aromatic heterocycles. The maximum atomic E-state index is 13.5. The molecule has 48 heteroatoms. The molecule has 9 rings (SSSR count). The number of carbonyl (C=O) groups is 3. The molecule has 48 nitrogen and oxygen atoms in total. The number of hydrogen-bond acceptors (Lipinski definition) is 45. The summed E-state index contributed by atoms with van der Waals surface area (Å²) in [6.07, 6.45) is -86.0. The smallest absolute Gasteiger partial charge is 0.217 e. The first-order chi connectivity index (χ1) is 51.1. The molecule has 28 N–H and O–H groups in total. The Hall–Kier alpha value is -3.27. The van der Waals surface area contributed by atoms with E-state index in [1.165, 1.54) is 6.92 Å². The van der Waals surface area contributed by atoms with Crippen molar-refractivity contribution in [3.63, 3.8) is 0 Å². The summed E-state index contributed by atoms with van der Waals surface area (Å²) in [5, 5.41) is 282. The SMILES string of the molecule is CC(=O)N[C@H]1[C@H](OC[C@H]2O[C@@H](O[C@H]3[C@H](O)[C@@H](O)C(O)O[C@@H]3CO)[C@H](O)[C@@H](O[C@@H]3O[C@H](CO)[C@@H](O)[C@H](O[C@@H]4O[C@H](CO)[C@H](O)[C@H](O)[C@H]4O)[C@H]3NC(C)=O)[C@H]2O)O[C@H](CO)[C@@H](O[C@@H]2O[C@H](CO)[C@H](O)[C@H](O[C@@H]3O[C@H](CO)[C@@H](O)[C@H](O[C@@H]4O[C@H](CO)[C@H](O)[C@H](O)[C@H]4O)[C@H]3NC(C)=O)[C@H]2O)[C@@H]1O[C@@H]1O[C@@H](C)[C@@H](O)[C@@H](O)[C@@H]1O. The highest BCUT2D eigenvalue weighted by atomic mass is 16.8. The molecular weight excluding hydrogens is 1480 g/mol. The van der Waals surface area contributed by atoms with Gasteiger partial charge in [-0.25, -0.2) is 0 Å². The third-order valence-electron chi connectivity index (χ3n) is 19.9. The number of carbonyl (C=O) groups excluding carboxylic acids is 3. The van der Waals surface area contributed by atoms with Crippen LogP contribution >= 0.6 is 0 Å². The Bertz CT molecular complexity index is 2820. The van der Waals surface area contributed by atoms with Crippen molar-refractivity contribution in [1.82, 2.24) is 16.0 Å². The molecule has 9 aliphatic rings. The number of hydrogen-bond donors (Lipinski definition) is 28. The zero-order valence-corrected chi connectivity index (χ0v) is 58.0. The third kappa shape index (κ3) is 19.1. The summed E-state index contributed by atoms with van der Waals surface area (Å²) in [6, 6.07) is -5.74. The molecular formula is C60H101N3O45. The minimum Gasteiger partial charge on any atom is -0.394 e. The second-order valence-electron chi connectivity index (χ2n) is 27.4. The van der Waals surface area contributed by atoms with E-state index in [1.807, 2.05) is 0 Å². The number of aliphatic hydroxyl groups is 25. The van der Waals surface area contributed by atoms with Gasteiger partial charge in [0, 0.05) is 20.8 Å². The first-order valence-electron chi connectivity index (χ1n) is 34.5. The van der Waals surface area contributed by atoms with Gasteiger partial charge in [-0.2, -0.15) is 0 Å². The van der Waals surface area contributed by atoms with E-state index in [0.29, 0.717) is 0 Å². The van der Waals surface area contributed by atoms with Gasteiger partial charge in [-0.1, -0.05) is 0 Å². The predicted octanol–water partition coefficient (Wildman–Crippen LogP) is -19.2. The molecule has 9 saturated heterocycles. The Morgan fingerprint density at radius 1 is 0.259 bits per heavy atom. The van der Waals surface area contributed by atoms with Crippen LogP contribution in [0.25, 0.3) is 0 Å². The van der Waals surface area contributed by atoms with Crippen molar-refractivity contribution in [2.75, 3.05) is 52.9 Å². The monoisotopic (exact) mass is 1580 g/mol. The van der Waals surface area contributed by atoms with Crippen LogP contribution in [0, 0.1) is 0 Å². The van der Waals surface area contributed by atoms with E-state index >= 15 is 0 Å². The van der Waals surface area contributed by atoms with Crippen LogP contribution in [0.1, 0.15) is 27.7 Å². The predicted molar refractivity (Wildman–Crippen MR) is 330 cm³/mol. The average Bonchev–Trinajstić information content (AvgIpc) is 0.769. The largest absolute Gasteiger partial charge is 0.394 e. The van der Waals surface area contributed by atoms with Crippen LogP contribution in [0.2, 0.25) is 0 Å². The van der Waals surface area contributed by atoms with E-state index in [9.17, 15) is 142 Å². The van der Waals surface area contributed by atoms with Gasteiger partial charge in [-0.05, 0) is 6.92 Å². The Kier molecular flexibility index (Phi) is 31.6. The van der Waals surface area contributed by atoms with Gasteiger partial charge in [-0.15, -0.1) is 0 Å². The number of amides is 3. The minimum atomic E-state index is -2.42. The lowest BCUT2D eigenvalue weighted by Crippen LogP contribution is -2.71. The molecule has 0 spiro atoms. The number of aliphatic hydroxyl groups excluding tert-OH is 25. The zero-order chi connectivity index (χ0) is 79.5. The quantitative estimate of drug-likeness (QED) is 0.0363. The Morgan fingerprint density at radius 3 is 0.954 bits per heavy atom. The zero-order valence-electron chi connectivity index (χ0n) is 58.0. The fraction of sp³-hybridized carbons (Fsp3) is 0.950. The number of nitrogens with one attached hydrogen (secondary N) is 3. The van der Waals surface area contributed by atoms with Crippen LogP contribution in [0.3, 0.4) is 0 Å². The Balaban J connectivity index is 1.05. The van der Waals surface area contributed by atoms with Crippen LogP contribution in [0.5, 0.6) is 0 Å². The molecule has 9 heterocycles. The van der Waals surface area contributed by atoms with Gasteiger partial charge in [0.15, 0.2) is 56.6 Å². The average molecular weight is 1580 g/mol. The second kappa shape index (κ2) is 38.5. The van der Waals surface area contributed by atoms with Crippen molar-refractivity contribution in [2.24, 2.45) is 0 Å². The fourth-order valence-corrected chi connectivity index (χ4v) is 14.0. The van der Waals surface area contributed by atoms with Crippen LogP contribution in [0.15, 0.2) is 0 Å². The Morgan fingerprint density at radius 2 is 0.546 bits per heavy atom. The Labute approximate surface area is 611 Å². The van der Waals surface area contributed by atoms with Gasteiger partial charge in [0.05, 0.1) is 59.0 Å². The molecule has 9 fully saturated rings. The van der Waals surface area contributed by atoms with Gasteiger partial charge in [0.1, 0.15) is 213 Å². The van der Waals surface area contributed by atoms with Crippen molar-refractivity contribution in [3.05, 3.63) is 0 Å². The summed E-state index contributed by atoms with van der Waals surface area (Å²) in [6.45, 7) is -4.65. The molecule has 0 aromatic rings. The van der Waals surface area contributed by atoms with Crippen LogP contribution in [-0.2, 0) is 94.9 Å². The van der Waals surface area contributed by atoms with Gasteiger partial charge in [-0.3, -0.25) is 14.4 Å². The summed E-state index contributed by atoms with van der Waals surface area (Å²) in [4.78, 5) is 39.5. The van der Waals surface area contributed by atoms with E-state index < -0.39 is 347 Å². The van der Waals surface area contributed by atoms with Crippen molar-refractivity contribution < 1.29 is 223 Å². The molecule has 626 valence electrons. The summed E-state index contributed by atoms with van der Waals surface area (Å²) in [7, 11) is 0. The second-order valence-corrected chi connectivity index (χ2v) is 27.4. The summed E-state index contributed by atoms with van der Waals surface area (Å²) in [5.74, 6) is -2.85. The van der Waals surface area contributed by atoms with E-state index in [2.05, 4.69) is 16.0 Å². The topological polar surface area (TPSA) is 750 Å². The van der Waals surface area contributed by atoms with Crippen molar-refractivity contribution >= 4 is 17.7 Å². The molecule has 1 unspecified atom stereocenters. The summed E-state index contributed by atoms with van der Waals surface area (Å²) in [5.41, 5.74) is 0. The first kappa shape index (κ1) is 88.7. The highest BCUT2D eigenvalue weighted by molar-refractivity contribution is 5.74. The van der Waals surface area contributed by atoms with Crippen LogP contribution in [0.4, 0.5) is 0 Å². The lowest BCUT2D eigenvalue weighted by molar-refractivity contribution is -0.391. The molecule has 0 aromatic carbocycles. The standard InChI is InChI=1S/C60H101N3O45/c1-13-28(74)35(81)40(86)56(93-13)106-49-27(63-16(4)73)53(100-23(11-70)46(49)103-59-43(89)50(33(79)21(9-68)99-59)107-54-25(61-14(2)71)47(31(77)19(7-66)95-54)104-57-41(87)36(82)29(75)17(5-64)97-57)92-12-24-34(80)51(44(90)60(101-24)102-45-22(10-69)94-52(91)39(85)38(45)84)108-55-26(62-15(3)72)48(32(78)20(8-67)96-55)105-58-42(88)37(83)30(76)18(6-65)98-58/h13,17-60,64-70,74-91H,5-12H2,1-4H3,(H,61,71)(H,62,72)(H,63,73)/t13-,17+,18+,19+,20+,21+,22+,23+,24+,25+,26+,27+,28+,29-,30-,31+,32+,33-,34-,35+,36-,37-,38+,39+,40-,41+,42+,43+,44+,45+,46+,47+,48+,49+,50-,51-,52?,53+,54-,55-,56-,57-,58-,59-,60-/m0/s1. The van der Waals surface area contributed by atoms with Crippen LogP contribution < -0.4 is 16.0 Å². The van der Waals surface area contributed by atoms with E-state index in [-0.39, 0.29) is 0 Å². The van der Waals surface area contributed by atoms with Crippen molar-refractivity contribution in [3.8, 4) is 0 Å². The normalized spacial score (nSPS) is 50.4. The van der Waals surface area contributed by atoms with E-state index in [1.54, 1.807) is 0 Å². The molecule has 0 bridgehead atoms. The van der Waals surface area contributed by atoms with Gasteiger partial charge in [0.2, 0.25) is 17.7 Å². The van der Waals surface area contributed by atoms with E-state index in [4.69, 9.17) is 80.5 Å².